The molecule has 1 aromatic carbocycles. The lowest BCUT2D eigenvalue weighted by Crippen LogP contribution is -2.10. The fourth-order valence-corrected chi connectivity index (χ4v) is 2.49. The van der Waals surface area contributed by atoms with E-state index in [1.165, 1.54) is 0 Å². The van der Waals surface area contributed by atoms with Crippen molar-refractivity contribution in [3.05, 3.63) is 47.0 Å². The van der Waals surface area contributed by atoms with Gasteiger partial charge in [-0.3, -0.25) is 4.68 Å². The highest BCUT2D eigenvalue weighted by Crippen LogP contribution is 2.16. The first-order valence-electron chi connectivity index (χ1n) is 6.01. The van der Waals surface area contributed by atoms with Gasteiger partial charge in [0.25, 0.3) is 0 Å². The van der Waals surface area contributed by atoms with Gasteiger partial charge >= 0.3 is 0 Å². The molecule has 0 aliphatic heterocycles. The Hall–Kier alpha value is -1.66. The summed E-state index contributed by atoms with van der Waals surface area (Å²) in [6.45, 7) is 1.40. The maximum atomic E-state index is 9.41. The minimum atomic E-state index is -0.0581. The molecule has 5 nitrogen and oxygen atoms in total. The Labute approximate surface area is 118 Å². The van der Waals surface area contributed by atoms with Crippen molar-refractivity contribution in [2.75, 3.05) is 0 Å². The van der Waals surface area contributed by atoms with Crippen LogP contribution in [-0.4, -0.2) is 24.4 Å². The molecule has 6 heteroatoms. The van der Waals surface area contributed by atoms with Crippen LogP contribution in [0.1, 0.15) is 5.82 Å². The SMILES string of the molecule is OCc1nc2ccccc2n1CCn1cc(Br)cn1. The predicted octanol–water partition coefficient (Wildman–Crippen LogP) is 2.19. The number of nitrogens with zero attached hydrogens (tertiary/aromatic N) is 4. The van der Waals surface area contributed by atoms with Crippen LogP contribution in [0.4, 0.5) is 0 Å². The van der Waals surface area contributed by atoms with Crippen molar-refractivity contribution in [3.63, 3.8) is 0 Å². The summed E-state index contributed by atoms with van der Waals surface area (Å²) in [6, 6.07) is 7.90. The zero-order valence-corrected chi connectivity index (χ0v) is 11.8. The summed E-state index contributed by atoms with van der Waals surface area (Å²) in [5, 5.41) is 13.6. The summed E-state index contributed by atoms with van der Waals surface area (Å²) in [5.41, 5.74) is 1.95. The lowest BCUT2D eigenvalue weighted by Gasteiger charge is -2.07. The van der Waals surface area contributed by atoms with Gasteiger partial charge in [0.15, 0.2) is 0 Å². The van der Waals surface area contributed by atoms with Gasteiger partial charge in [-0.05, 0) is 28.1 Å². The first-order chi connectivity index (χ1) is 9.28. The molecule has 2 aromatic heterocycles. The number of hydrogen-bond donors (Lipinski definition) is 1. The van der Waals surface area contributed by atoms with E-state index in [1.807, 2.05) is 39.7 Å². The number of benzene rings is 1. The van der Waals surface area contributed by atoms with E-state index in [2.05, 4.69) is 26.0 Å². The lowest BCUT2D eigenvalue weighted by molar-refractivity contribution is 0.265. The highest BCUT2D eigenvalue weighted by Gasteiger charge is 2.09. The Morgan fingerprint density at radius 2 is 2.05 bits per heavy atom. The number of hydrogen-bond acceptors (Lipinski definition) is 3. The van der Waals surface area contributed by atoms with Crippen LogP contribution < -0.4 is 0 Å². The van der Waals surface area contributed by atoms with Gasteiger partial charge in [0.2, 0.25) is 0 Å². The Morgan fingerprint density at radius 1 is 1.21 bits per heavy atom. The van der Waals surface area contributed by atoms with E-state index in [1.54, 1.807) is 6.20 Å². The van der Waals surface area contributed by atoms with Gasteiger partial charge < -0.3 is 9.67 Å². The lowest BCUT2D eigenvalue weighted by atomic mass is 10.3. The number of aromatic nitrogens is 4. The number of aryl methyl sites for hydroxylation is 2. The van der Waals surface area contributed by atoms with Crippen molar-refractivity contribution in [2.45, 2.75) is 19.7 Å². The van der Waals surface area contributed by atoms with E-state index < -0.39 is 0 Å². The predicted molar refractivity (Wildman–Crippen MR) is 75.6 cm³/mol. The number of aliphatic hydroxyl groups excluding tert-OH is 1. The summed E-state index contributed by atoms with van der Waals surface area (Å²) in [5.74, 6) is 0.687. The molecular formula is C13H13BrN4O. The van der Waals surface area contributed by atoms with Crippen LogP contribution >= 0.6 is 15.9 Å². The van der Waals surface area contributed by atoms with Gasteiger partial charge in [-0.1, -0.05) is 12.1 Å². The maximum Gasteiger partial charge on any atom is 0.135 e. The topological polar surface area (TPSA) is 55.9 Å². The molecule has 3 rings (SSSR count). The molecule has 19 heavy (non-hydrogen) atoms. The molecule has 0 fully saturated rings. The molecule has 98 valence electrons. The van der Waals surface area contributed by atoms with Gasteiger partial charge in [-0.2, -0.15) is 5.10 Å². The third kappa shape index (κ3) is 2.41. The van der Waals surface area contributed by atoms with Crippen molar-refractivity contribution in [1.82, 2.24) is 19.3 Å². The van der Waals surface area contributed by atoms with Crippen molar-refractivity contribution < 1.29 is 5.11 Å². The van der Waals surface area contributed by atoms with Crippen LogP contribution in [0.25, 0.3) is 11.0 Å². The molecule has 0 saturated heterocycles. The molecule has 0 unspecified atom stereocenters. The van der Waals surface area contributed by atoms with Crippen LogP contribution in [0.15, 0.2) is 41.1 Å². The van der Waals surface area contributed by atoms with E-state index in [0.29, 0.717) is 5.82 Å². The summed E-state index contributed by atoms with van der Waals surface area (Å²) in [6.07, 6.45) is 3.69. The van der Waals surface area contributed by atoms with Crippen LogP contribution in [0.3, 0.4) is 0 Å². The van der Waals surface area contributed by atoms with Crippen LogP contribution in [-0.2, 0) is 19.7 Å². The molecule has 0 radical (unpaired) electrons. The van der Waals surface area contributed by atoms with Crippen LogP contribution in [0.2, 0.25) is 0 Å². The van der Waals surface area contributed by atoms with E-state index in [-0.39, 0.29) is 6.61 Å². The second-order valence-corrected chi connectivity index (χ2v) is 5.16. The molecule has 0 aliphatic rings. The highest BCUT2D eigenvalue weighted by atomic mass is 79.9. The standard InChI is InChI=1S/C13H13BrN4O/c14-10-7-15-17(8-10)5-6-18-12-4-2-1-3-11(12)16-13(18)9-19/h1-4,7-8,19H,5-6,9H2. The van der Waals surface area contributed by atoms with E-state index in [4.69, 9.17) is 0 Å². The average molecular weight is 321 g/mol. The largest absolute Gasteiger partial charge is 0.388 e. The Kier molecular flexibility index (Phi) is 3.35. The maximum absolute atomic E-state index is 9.41. The number of halogens is 1. The van der Waals surface area contributed by atoms with Gasteiger partial charge in [0.05, 0.1) is 28.2 Å². The van der Waals surface area contributed by atoms with E-state index >= 15 is 0 Å². The summed E-state index contributed by atoms with van der Waals surface area (Å²) >= 11 is 3.38. The smallest absolute Gasteiger partial charge is 0.135 e. The molecule has 0 spiro atoms. The number of imidazole rings is 1. The Bertz CT molecular complexity index is 704. The highest BCUT2D eigenvalue weighted by molar-refractivity contribution is 9.10. The zero-order valence-electron chi connectivity index (χ0n) is 10.2. The second kappa shape index (κ2) is 5.14. The minimum absolute atomic E-state index is 0.0581. The van der Waals surface area contributed by atoms with E-state index in [9.17, 15) is 5.11 Å². The first kappa shape index (κ1) is 12.4. The molecule has 2 heterocycles. The molecule has 1 N–H and O–H groups in total. The zero-order chi connectivity index (χ0) is 13.2. The average Bonchev–Trinajstić information content (AvgIpc) is 2.99. The number of rotatable bonds is 4. The summed E-state index contributed by atoms with van der Waals surface area (Å²) < 4.78 is 4.86. The Balaban J connectivity index is 1.90. The van der Waals surface area contributed by atoms with Gasteiger partial charge in [-0.15, -0.1) is 0 Å². The van der Waals surface area contributed by atoms with Crippen molar-refractivity contribution >= 4 is 27.0 Å². The molecule has 0 atom stereocenters. The monoisotopic (exact) mass is 320 g/mol. The van der Waals surface area contributed by atoms with Crippen molar-refractivity contribution in [2.24, 2.45) is 0 Å². The fraction of sp³-hybridized carbons (Fsp3) is 0.231. The summed E-state index contributed by atoms with van der Waals surface area (Å²) in [4.78, 5) is 4.42. The fourth-order valence-electron chi connectivity index (χ4n) is 2.16. The first-order valence-corrected chi connectivity index (χ1v) is 6.80. The molecule has 3 aromatic rings. The molecule has 0 bridgehead atoms. The van der Waals surface area contributed by atoms with E-state index in [0.717, 1.165) is 28.6 Å². The number of para-hydroxylation sites is 2. The molecule has 0 saturated carbocycles. The van der Waals surface area contributed by atoms with Crippen LogP contribution in [0.5, 0.6) is 0 Å². The second-order valence-electron chi connectivity index (χ2n) is 4.25. The number of fused-ring (bicyclic) bond motifs is 1. The number of aliphatic hydroxyl groups is 1. The minimum Gasteiger partial charge on any atom is -0.388 e. The van der Waals surface area contributed by atoms with Crippen molar-refractivity contribution in [3.8, 4) is 0 Å². The van der Waals surface area contributed by atoms with Gasteiger partial charge in [0, 0.05) is 12.7 Å². The Morgan fingerprint density at radius 3 is 2.79 bits per heavy atom. The summed E-state index contributed by atoms with van der Waals surface area (Å²) in [7, 11) is 0. The quantitative estimate of drug-likeness (QED) is 0.801. The van der Waals surface area contributed by atoms with Gasteiger partial charge in [-0.25, -0.2) is 4.98 Å². The van der Waals surface area contributed by atoms with Crippen LogP contribution in [0, 0.1) is 0 Å². The van der Waals surface area contributed by atoms with Gasteiger partial charge in [0.1, 0.15) is 12.4 Å². The van der Waals surface area contributed by atoms with Crippen molar-refractivity contribution in [1.29, 1.82) is 0 Å². The molecular weight excluding hydrogens is 308 g/mol. The third-order valence-corrected chi connectivity index (χ3v) is 3.44. The third-order valence-electron chi connectivity index (χ3n) is 3.03. The molecule has 0 amide bonds. The normalized spacial score (nSPS) is 11.3. The molecule has 0 aliphatic carbocycles.